The van der Waals surface area contributed by atoms with Crippen molar-refractivity contribution < 1.29 is 14.3 Å². The Morgan fingerprint density at radius 2 is 2.17 bits per heavy atom. The van der Waals surface area contributed by atoms with E-state index >= 15 is 0 Å². The second-order valence-electron chi connectivity index (χ2n) is 4.64. The van der Waals surface area contributed by atoms with Gasteiger partial charge in [0.25, 0.3) is 0 Å². The van der Waals surface area contributed by atoms with Gasteiger partial charge in [-0.15, -0.1) is 0 Å². The molecule has 5 heteroatoms. The van der Waals surface area contributed by atoms with Gasteiger partial charge in [0, 0.05) is 17.1 Å². The third-order valence-electron chi connectivity index (χ3n) is 2.55. The minimum atomic E-state index is -0.925. The maximum absolute atomic E-state index is 13.4. The van der Waals surface area contributed by atoms with Crippen LogP contribution in [0.3, 0.4) is 0 Å². The van der Waals surface area contributed by atoms with Crippen molar-refractivity contribution in [2.75, 3.05) is 0 Å². The van der Waals surface area contributed by atoms with Gasteiger partial charge < -0.3 is 10.4 Å². The van der Waals surface area contributed by atoms with Crippen molar-refractivity contribution in [2.24, 2.45) is 5.92 Å². The first kappa shape index (κ1) is 14.9. The molecule has 0 spiro atoms. The van der Waals surface area contributed by atoms with Gasteiger partial charge in [0.15, 0.2) is 0 Å². The highest BCUT2D eigenvalue weighted by molar-refractivity contribution is 6.30. The summed E-state index contributed by atoms with van der Waals surface area (Å²) in [7, 11) is 0. The molecule has 0 heterocycles. The molecule has 100 valence electrons. The zero-order valence-corrected chi connectivity index (χ0v) is 11.2. The zero-order valence-electron chi connectivity index (χ0n) is 10.4. The summed E-state index contributed by atoms with van der Waals surface area (Å²) in [6.45, 7) is 4.03. The summed E-state index contributed by atoms with van der Waals surface area (Å²) in [6, 6.07) is 3.56. The lowest BCUT2D eigenvalue weighted by molar-refractivity contribution is -0.140. The minimum absolute atomic E-state index is 0.149. The molecule has 1 atom stereocenters. The lowest BCUT2D eigenvalue weighted by Crippen LogP contribution is -2.37. The highest BCUT2D eigenvalue weighted by Crippen LogP contribution is 2.15. The van der Waals surface area contributed by atoms with Crippen molar-refractivity contribution >= 4 is 17.6 Å². The number of carboxylic acids is 1. The van der Waals surface area contributed by atoms with Crippen molar-refractivity contribution in [3.05, 3.63) is 34.6 Å². The molecule has 0 amide bonds. The molecule has 0 saturated heterocycles. The predicted octanol–water partition coefficient (Wildman–Crippen LogP) is 3.07. The van der Waals surface area contributed by atoms with Crippen LogP contribution in [-0.2, 0) is 11.3 Å². The van der Waals surface area contributed by atoms with Crippen LogP contribution in [0.5, 0.6) is 0 Å². The molecule has 0 bridgehead atoms. The smallest absolute Gasteiger partial charge is 0.320 e. The molecule has 0 radical (unpaired) electrons. The molecule has 0 unspecified atom stereocenters. The maximum Gasteiger partial charge on any atom is 0.320 e. The van der Waals surface area contributed by atoms with Crippen molar-refractivity contribution in [1.29, 1.82) is 0 Å². The first-order valence-corrected chi connectivity index (χ1v) is 6.18. The van der Waals surface area contributed by atoms with E-state index in [4.69, 9.17) is 16.7 Å². The van der Waals surface area contributed by atoms with Crippen LogP contribution in [0.15, 0.2) is 18.2 Å². The lowest BCUT2D eigenvalue weighted by Gasteiger charge is -2.16. The standard InChI is InChI=1S/C13H17ClFNO2/c1-8(2)5-12(13(17)18)16-7-9-6-10(14)3-4-11(9)15/h3-4,6,8,12,16H,5,7H2,1-2H3,(H,17,18)/t12-/m1/s1. The van der Waals surface area contributed by atoms with E-state index < -0.39 is 12.0 Å². The van der Waals surface area contributed by atoms with E-state index in [0.29, 0.717) is 17.0 Å². The summed E-state index contributed by atoms with van der Waals surface area (Å²) >= 11 is 5.77. The van der Waals surface area contributed by atoms with Gasteiger partial charge in [-0.3, -0.25) is 4.79 Å². The number of rotatable bonds is 6. The number of nitrogens with one attached hydrogen (secondary N) is 1. The van der Waals surface area contributed by atoms with E-state index in [-0.39, 0.29) is 18.3 Å². The number of hydrogen-bond acceptors (Lipinski definition) is 2. The normalized spacial score (nSPS) is 12.7. The van der Waals surface area contributed by atoms with Gasteiger partial charge in [-0.25, -0.2) is 4.39 Å². The summed E-state index contributed by atoms with van der Waals surface area (Å²) in [6.07, 6.45) is 0.498. The maximum atomic E-state index is 13.4. The molecule has 1 aromatic carbocycles. The van der Waals surface area contributed by atoms with E-state index in [1.807, 2.05) is 13.8 Å². The number of aliphatic carboxylic acids is 1. The molecule has 0 aliphatic carbocycles. The summed E-state index contributed by atoms with van der Waals surface area (Å²) in [5.41, 5.74) is 0.373. The van der Waals surface area contributed by atoms with E-state index in [0.717, 1.165) is 0 Å². The Kier molecular flexibility index (Phi) is 5.56. The van der Waals surface area contributed by atoms with E-state index in [9.17, 15) is 9.18 Å². The summed E-state index contributed by atoms with van der Waals surface area (Å²) in [5, 5.41) is 12.3. The van der Waals surface area contributed by atoms with Gasteiger partial charge >= 0.3 is 5.97 Å². The van der Waals surface area contributed by atoms with Gasteiger partial charge in [0.05, 0.1) is 0 Å². The number of halogens is 2. The van der Waals surface area contributed by atoms with Gasteiger partial charge in [0.2, 0.25) is 0 Å². The minimum Gasteiger partial charge on any atom is -0.480 e. The van der Waals surface area contributed by atoms with Crippen LogP contribution in [0.4, 0.5) is 4.39 Å². The molecule has 3 nitrogen and oxygen atoms in total. The number of hydrogen-bond donors (Lipinski definition) is 2. The Hall–Kier alpha value is -1.13. The molecule has 2 N–H and O–H groups in total. The van der Waals surface area contributed by atoms with Crippen molar-refractivity contribution in [2.45, 2.75) is 32.9 Å². The average molecular weight is 274 g/mol. The number of carbonyl (C=O) groups is 1. The van der Waals surface area contributed by atoms with Crippen LogP contribution in [-0.4, -0.2) is 17.1 Å². The summed E-state index contributed by atoms with van der Waals surface area (Å²) in [4.78, 5) is 11.0. The second-order valence-corrected chi connectivity index (χ2v) is 5.07. The second kappa shape index (κ2) is 6.71. The zero-order chi connectivity index (χ0) is 13.7. The van der Waals surface area contributed by atoms with Crippen LogP contribution < -0.4 is 5.32 Å². The Morgan fingerprint density at radius 3 is 2.72 bits per heavy atom. The number of benzene rings is 1. The quantitative estimate of drug-likeness (QED) is 0.837. The molecular weight excluding hydrogens is 257 g/mol. The summed E-state index contributed by atoms with van der Waals surface area (Å²) < 4.78 is 13.4. The topological polar surface area (TPSA) is 49.3 Å². The molecule has 0 aromatic heterocycles. The van der Waals surface area contributed by atoms with Crippen LogP contribution >= 0.6 is 11.6 Å². The highest BCUT2D eigenvalue weighted by atomic mass is 35.5. The van der Waals surface area contributed by atoms with Crippen LogP contribution in [0, 0.1) is 11.7 Å². The molecule has 1 aromatic rings. The van der Waals surface area contributed by atoms with E-state index in [1.54, 1.807) is 0 Å². The van der Waals surface area contributed by atoms with Gasteiger partial charge in [-0.2, -0.15) is 0 Å². The number of carboxylic acid groups (broad SMARTS) is 1. The largest absolute Gasteiger partial charge is 0.480 e. The Labute approximate surface area is 111 Å². The van der Waals surface area contributed by atoms with Gasteiger partial charge in [0.1, 0.15) is 11.9 Å². The highest BCUT2D eigenvalue weighted by Gasteiger charge is 2.18. The third kappa shape index (κ3) is 4.63. The van der Waals surface area contributed by atoms with Crippen LogP contribution in [0.25, 0.3) is 0 Å². The fourth-order valence-corrected chi connectivity index (χ4v) is 1.85. The Bertz CT molecular complexity index is 423. The van der Waals surface area contributed by atoms with Gasteiger partial charge in [-0.1, -0.05) is 25.4 Å². The monoisotopic (exact) mass is 273 g/mol. The molecule has 0 aliphatic rings. The predicted molar refractivity (Wildman–Crippen MR) is 69.1 cm³/mol. The van der Waals surface area contributed by atoms with E-state index in [2.05, 4.69) is 5.32 Å². The van der Waals surface area contributed by atoms with Crippen molar-refractivity contribution in [3.8, 4) is 0 Å². The van der Waals surface area contributed by atoms with Gasteiger partial charge in [-0.05, 0) is 30.5 Å². The molecule has 0 fully saturated rings. The van der Waals surface area contributed by atoms with Crippen molar-refractivity contribution in [1.82, 2.24) is 5.32 Å². The average Bonchev–Trinajstić information content (AvgIpc) is 2.27. The molecular formula is C13H17ClFNO2. The summed E-state index contributed by atoms with van der Waals surface area (Å²) in [5.74, 6) is -1.06. The Morgan fingerprint density at radius 1 is 1.50 bits per heavy atom. The Balaban J connectivity index is 2.66. The lowest BCUT2D eigenvalue weighted by atomic mass is 10.0. The van der Waals surface area contributed by atoms with Crippen LogP contribution in [0.2, 0.25) is 5.02 Å². The molecule has 18 heavy (non-hydrogen) atoms. The molecule has 0 saturated carbocycles. The molecule has 0 aliphatic heterocycles. The van der Waals surface area contributed by atoms with Crippen LogP contribution in [0.1, 0.15) is 25.8 Å². The molecule has 1 rings (SSSR count). The first-order valence-electron chi connectivity index (χ1n) is 5.80. The third-order valence-corrected chi connectivity index (χ3v) is 2.79. The SMILES string of the molecule is CC(C)C[C@@H](NCc1cc(Cl)ccc1F)C(=O)O. The van der Waals surface area contributed by atoms with Crippen molar-refractivity contribution in [3.63, 3.8) is 0 Å². The fourth-order valence-electron chi connectivity index (χ4n) is 1.65. The first-order chi connectivity index (χ1) is 8.40. The fraction of sp³-hybridized carbons (Fsp3) is 0.462. The van der Waals surface area contributed by atoms with E-state index in [1.165, 1.54) is 18.2 Å².